The third-order valence-corrected chi connectivity index (χ3v) is 4.38. The Hall–Kier alpha value is -1.46. The van der Waals surface area contributed by atoms with Crippen LogP contribution >= 0.6 is 28.7 Å². The number of halogens is 1. The molecule has 0 saturated heterocycles. The van der Waals surface area contributed by atoms with Crippen LogP contribution in [0.4, 0.5) is 10.5 Å². The largest absolute Gasteiger partial charge is 0.340 e. The van der Waals surface area contributed by atoms with Crippen LogP contribution in [0.1, 0.15) is 11.1 Å². The molecule has 2 amide bonds. The zero-order chi connectivity index (χ0) is 14.3. The van der Waals surface area contributed by atoms with Crippen molar-refractivity contribution in [2.24, 2.45) is 0 Å². The number of rotatable bonds is 1. The second-order valence-corrected chi connectivity index (χ2v) is 6.00. The maximum Gasteiger partial charge on any atom is 0.331 e. The smallest absolute Gasteiger partial charge is 0.331 e. The average Bonchev–Trinajstić information content (AvgIpc) is 2.81. The van der Waals surface area contributed by atoms with Crippen molar-refractivity contribution in [3.8, 4) is 11.1 Å². The lowest BCUT2D eigenvalue weighted by molar-refractivity contribution is 0.252. The number of amides is 2. The van der Waals surface area contributed by atoms with E-state index in [-0.39, 0.29) is 6.03 Å². The molecule has 20 heavy (non-hydrogen) atoms. The highest BCUT2D eigenvalue weighted by Gasteiger charge is 2.20. The third kappa shape index (κ3) is 2.21. The van der Waals surface area contributed by atoms with Crippen LogP contribution < -0.4 is 9.62 Å². The quantitative estimate of drug-likeness (QED) is 0.640. The van der Waals surface area contributed by atoms with Crippen LogP contribution in [0.3, 0.4) is 0 Å². The molecule has 0 saturated carbocycles. The van der Waals surface area contributed by atoms with Crippen LogP contribution in [-0.4, -0.2) is 13.1 Å². The first-order chi connectivity index (χ1) is 9.60. The molecule has 0 aromatic heterocycles. The number of thiol groups is 1. The summed E-state index contributed by atoms with van der Waals surface area (Å²) < 4.78 is 2.41. The zero-order valence-corrected chi connectivity index (χ0v) is 13.3. The fourth-order valence-corrected chi connectivity index (χ4v) is 3.15. The number of anilines is 1. The molecule has 2 aromatic rings. The number of carbonyl (C=O) groups excluding carboxylic acids is 1. The van der Waals surface area contributed by atoms with Crippen molar-refractivity contribution in [3.05, 3.63) is 52.0 Å². The number of urea groups is 1. The van der Waals surface area contributed by atoms with Gasteiger partial charge in [0.1, 0.15) is 0 Å². The first-order valence-electron chi connectivity index (χ1n) is 6.22. The highest BCUT2D eigenvalue weighted by atomic mass is 79.9. The lowest BCUT2D eigenvalue weighted by atomic mass is 10.1. The molecule has 102 valence electrons. The van der Waals surface area contributed by atoms with Crippen molar-refractivity contribution < 1.29 is 4.79 Å². The zero-order valence-electron chi connectivity index (χ0n) is 10.9. The van der Waals surface area contributed by atoms with E-state index in [1.165, 1.54) is 26.6 Å². The Labute approximate surface area is 131 Å². The predicted molar refractivity (Wildman–Crippen MR) is 88.3 cm³/mol. The van der Waals surface area contributed by atoms with E-state index in [0.717, 1.165) is 16.6 Å². The average molecular weight is 349 g/mol. The topological polar surface area (TPSA) is 32.3 Å². The molecule has 0 bridgehead atoms. The van der Waals surface area contributed by atoms with E-state index in [9.17, 15) is 4.79 Å². The van der Waals surface area contributed by atoms with Crippen LogP contribution in [0.15, 0.2) is 40.9 Å². The van der Waals surface area contributed by atoms with Crippen LogP contribution in [0.5, 0.6) is 0 Å². The number of nitrogens with one attached hydrogen (secondary N) is 1. The van der Waals surface area contributed by atoms with Crippen LogP contribution in [0.2, 0.25) is 0 Å². The Kier molecular flexibility index (Phi) is 3.48. The van der Waals surface area contributed by atoms with E-state index in [0.29, 0.717) is 0 Å². The molecule has 3 rings (SSSR count). The van der Waals surface area contributed by atoms with Gasteiger partial charge in [-0.15, -0.1) is 0 Å². The Morgan fingerprint density at radius 1 is 1.20 bits per heavy atom. The van der Waals surface area contributed by atoms with E-state index in [2.05, 4.69) is 58.3 Å². The molecule has 0 atom stereocenters. The van der Waals surface area contributed by atoms with Crippen molar-refractivity contribution in [2.75, 3.05) is 11.4 Å². The first kappa shape index (κ1) is 13.5. The van der Waals surface area contributed by atoms with Crippen LogP contribution in [0.25, 0.3) is 11.1 Å². The van der Waals surface area contributed by atoms with Gasteiger partial charge in [-0.25, -0.2) is 9.10 Å². The van der Waals surface area contributed by atoms with Gasteiger partial charge in [0.25, 0.3) is 0 Å². The van der Waals surface area contributed by atoms with E-state index in [1.54, 1.807) is 7.05 Å². The molecule has 5 heteroatoms. The van der Waals surface area contributed by atoms with E-state index in [4.69, 9.17) is 0 Å². The Morgan fingerprint density at radius 3 is 2.55 bits per heavy atom. The van der Waals surface area contributed by atoms with Crippen LogP contribution in [-0.2, 0) is 6.42 Å². The molecule has 0 fully saturated rings. The number of fused-ring (bicyclic) bond motifs is 3. The molecule has 0 unspecified atom stereocenters. The highest BCUT2D eigenvalue weighted by molar-refractivity contribution is 9.10. The molecule has 0 spiro atoms. The standard InChI is InChI=1S/C15H13BrN2OS/c1-17-15(19)18(20)12-3-5-14-10(8-12)6-9-7-11(16)2-4-13(9)14/h2-5,7-8,20H,6H2,1H3,(H,17,19). The molecule has 0 heterocycles. The Balaban J connectivity index is 2.00. The third-order valence-electron chi connectivity index (χ3n) is 3.48. The summed E-state index contributed by atoms with van der Waals surface area (Å²) in [5.74, 6) is 0. The van der Waals surface area contributed by atoms with Gasteiger partial charge in [-0.2, -0.15) is 0 Å². The van der Waals surface area contributed by atoms with Gasteiger partial charge in [-0.05, 0) is 52.9 Å². The number of nitrogens with zero attached hydrogens (tertiary/aromatic N) is 1. The van der Waals surface area contributed by atoms with Crippen molar-refractivity contribution >= 4 is 40.5 Å². The maximum absolute atomic E-state index is 11.6. The molecule has 1 aliphatic carbocycles. The van der Waals surface area contributed by atoms with Crippen molar-refractivity contribution in [1.29, 1.82) is 0 Å². The summed E-state index contributed by atoms with van der Waals surface area (Å²) >= 11 is 7.73. The molecule has 0 aliphatic heterocycles. The minimum absolute atomic E-state index is 0.244. The minimum atomic E-state index is -0.244. The summed E-state index contributed by atoms with van der Waals surface area (Å²) in [6, 6.07) is 12.1. The molecular weight excluding hydrogens is 336 g/mol. The normalized spacial score (nSPS) is 11.8. The highest BCUT2D eigenvalue weighted by Crippen LogP contribution is 2.39. The molecule has 1 N–H and O–H groups in total. The molecular formula is C15H13BrN2OS. The summed E-state index contributed by atoms with van der Waals surface area (Å²) in [5, 5.41) is 2.56. The fourth-order valence-electron chi connectivity index (χ4n) is 2.52. The van der Waals surface area contributed by atoms with Gasteiger partial charge < -0.3 is 5.32 Å². The fraction of sp³-hybridized carbons (Fsp3) is 0.133. The number of hydrogen-bond donors (Lipinski definition) is 2. The number of carbonyl (C=O) groups is 1. The Bertz CT molecular complexity index is 702. The monoisotopic (exact) mass is 348 g/mol. The van der Waals surface area contributed by atoms with E-state index in [1.807, 2.05) is 12.1 Å². The van der Waals surface area contributed by atoms with Crippen molar-refractivity contribution in [1.82, 2.24) is 5.32 Å². The van der Waals surface area contributed by atoms with Gasteiger partial charge in [0.15, 0.2) is 0 Å². The SMILES string of the molecule is CNC(=O)N(S)c1ccc2c(c1)Cc1cc(Br)ccc1-2. The number of hydrogen-bond acceptors (Lipinski definition) is 2. The predicted octanol–water partition coefficient (Wildman–Crippen LogP) is 4.01. The first-order valence-corrected chi connectivity index (χ1v) is 7.42. The lowest BCUT2D eigenvalue weighted by Crippen LogP contribution is -2.30. The lowest BCUT2D eigenvalue weighted by Gasteiger charge is -2.16. The summed E-state index contributed by atoms with van der Waals surface area (Å²) in [5.41, 5.74) is 5.80. The van der Waals surface area contributed by atoms with Gasteiger partial charge in [0, 0.05) is 11.5 Å². The van der Waals surface area contributed by atoms with Gasteiger partial charge in [0.05, 0.1) is 5.69 Å². The summed E-state index contributed by atoms with van der Waals surface area (Å²) in [6.45, 7) is 0. The van der Waals surface area contributed by atoms with Gasteiger partial charge in [0.2, 0.25) is 0 Å². The van der Waals surface area contributed by atoms with Gasteiger partial charge in [-0.1, -0.05) is 40.9 Å². The van der Waals surface area contributed by atoms with E-state index >= 15 is 0 Å². The van der Waals surface area contributed by atoms with Gasteiger partial charge >= 0.3 is 6.03 Å². The summed E-state index contributed by atoms with van der Waals surface area (Å²) in [7, 11) is 1.59. The van der Waals surface area contributed by atoms with Crippen molar-refractivity contribution in [2.45, 2.75) is 6.42 Å². The molecule has 0 radical (unpaired) electrons. The van der Waals surface area contributed by atoms with Crippen molar-refractivity contribution in [3.63, 3.8) is 0 Å². The molecule has 1 aliphatic rings. The summed E-state index contributed by atoms with van der Waals surface area (Å²) in [6.07, 6.45) is 0.882. The molecule has 2 aromatic carbocycles. The Morgan fingerprint density at radius 2 is 1.85 bits per heavy atom. The van der Waals surface area contributed by atoms with E-state index < -0.39 is 0 Å². The van der Waals surface area contributed by atoms with Crippen LogP contribution in [0, 0.1) is 0 Å². The second kappa shape index (κ2) is 5.14. The second-order valence-electron chi connectivity index (χ2n) is 4.69. The minimum Gasteiger partial charge on any atom is -0.340 e. The number of benzene rings is 2. The summed E-state index contributed by atoms with van der Waals surface area (Å²) in [4.78, 5) is 11.6. The van der Waals surface area contributed by atoms with Gasteiger partial charge in [-0.3, -0.25) is 0 Å². The molecule has 3 nitrogen and oxygen atoms in total. The maximum atomic E-state index is 11.6.